The zero-order valence-electron chi connectivity index (χ0n) is 15.8. The molecule has 0 aromatic carbocycles. The Morgan fingerprint density at radius 1 is 1.25 bits per heavy atom. The number of nitrogens with zero attached hydrogens (tertiary/aromatic N) is 3. The van der Waals surface area contributed by atoms with Crippen molar-refractivity contribution in [1.29, 1.82) is 0 Å². The van der Waals surface area contributed by atoms with Crippen LogP contribution in [0.25, 0.3) is 0 Å². The molecule has 1 amide bonds. The quantitative estimate of drug-likeness (QED) is 0.641. The van der Waals surface area contributed by atoms with Crippen LogP contribution in [0, 0.1) is 0 Å². The average molecular weight is 421 g/mol. The minimum atomic E-state index is -4.68. The van der Waals surface area contributed by atoms with Gasteiger partial charge in [-0.05, 0) is 33.3 Å². The van der Waals surface area contributed by atoms with Crippen LogP contribution in [0.15, 0.2) is 17.2 Å². The molecule has 0 radical (unpaired) electrons. The Morgan fingerprint density at radius 2 is 1.93 bits per heavy atom. The van der Waals surface area contributed by atoms with Crippen LogP contribution in [-0.4, -0.2) is 61.4 Å². The number of alkyl halides is 3. The van der Waals surface area contributed by atoms with Crippen molar-refractivity contribution in [2.75, 3.05) is 30.3 Å². The summed E-state index contributed by atoms with van der Waals surface area (Å²) >= 11 is 0. The molecule has 3 heterocycles. The Bertz CT molecular complexity index is 881. The molecule has 1 aromatic heterocycles. The second-order valence-electron chi connectivity index (χ2n) is 7.92. The number of hydrogen-bond acceptors (Lipinski definition) is 6. The number of ether oxygens (including phenoxy) is 1. The van der Waals surface area contributed by atoms with E-state index in [9.17, 15) is 26.4 Å². The van der Waals surface area contributed by atoms with Crippen molar-refractivity contribution < 1.29 is 31.1 Å². The number of pyridine rings is 1. The highest BCUT2D eigenvalue weighted by Gasteiger charge is 2.40. The number of sulfone groups is 1. The molecule has 2 aliphatic heterocycles. The molecule has 0 N–H and O–H groups in total. The van der Waals surface area contributed by atoms with Gasteiger partial charge in [-0.3, -0.25) is 0 Å². The Hall–Kier alpha value is -2.04. The van der Waals surface area contributed by atoms with Gasteiger partial charge in [-0.2, -0.15) is 13.2 Å². The van der Waals surface area contributed by atoms with Gasteiger partial charge in [-0.15, -0.1) is 0 Å². The summed E-state index contributed by atoms with van der Waals surface area (Å²) in [5, 5.41) is 0. The molecule has 3 rings (SSSR count). The fourth-order valence-corrected chi connectivity index (χ4v) is 4.87. The molecule has 11 heteroatoms. The third kappa shape index (κ3) is 4.18. The Morgan fingerprint density at radius 3 is 2.54 bits per heavy atom. The van der Waals surface area contributed by atoms with Crippen LogP contribution in [-0.2, 0) is 20.8 Å². The minimum Gasteiger partial charge on any atom is -0.444 e. The second kappa shape index (κ2) is 6.78. The van der Waals surface area contributed by atoms with E-state index in [2.05, 4.69) is 4.98 Å². The Labute approximate surface area is 161 Å². The summed E-state index contributed by atoms with van der Waals surface area (Å²) in [4.78, 5) is 18.9. The molecule has 1 atom stereocenters. The van der Waals surface area contributed by atoms with E-state index in [0.717, 1.165) is 0 Å². The van der Waals surface area contributed by atoms with Crippen molar-refractivity contribution in [3.05, 3.63) is 17.8 Å². The standard InChI is InChI=1S/C17H22F3N3O4S/c1-16(2,3)27-15(24)22-5-6-23-12(10-22)4-7-28(25,26)13-8-11(17(18,19)20)9-21-14(13)23/h8-9,12H,4-7,10H2,1-3H3. The fraction of sp³-hybridized carbons (Fsp3) is 0.647. The maximum absolute atomic E-state index is 13.0. The van der Waals surface area contributed by atoms with E-state index in [1.54, 1.807) is 25.7 Å². The summed E-state index contributed by atoms with van der Waals surface area (Å²) < 4.78 is 69.6. The SMILES string of the molecule is CC(C)(C)OC(=O)N1CCN2c3ncc(C(F)(F)F)cc3S(=O)(=O)CCC2C1. The van der Waals surface area contributed by atoms with Crippen LogP contribution in [0.4, 0.5) is 23.8 Å². The number of piperazine rings is 1. The first-order valence-corrected chi connectivity index (χ1v) is 10.5. The van der Waals surface area contributed by atoms with Crippen molar-refractivity contribution in [2.45, 2.75) is 49.9 Å². The van der Waals surface area contributed by atoms with E-state index in [-0.39, 0.29) is 43.7 Å². The van der Waals surface area contributed by atoms with Gasteiger partial charge in [0, 0.05) is 31.9 Å². The highest BCUT2D eigenvalue weighted by molar-refractivity contribution is 7.91. The van der Waals surface area contributed by atoms with Crippen LogP contribution in [0.5, 0.6) is 0 Å². The molecule has 156 valence electrons. The van der Waals surface area contributed by atoms with Gasteiger partial charge < -0.3 is 14.5 Å². The predicted octanol–water partition coefficient (Wildman–Crippen LogP) is 2.70. The van der Waals surface area contributed by atoms with Crippen molar-refractivity contribution >= 4 is 21.7 Å². The summed E-state index contributed by atoms with van der Waals surface area (Å²) in [6, 6.07) is 0.279. The van der Waals surface area contributed by atoms with E-state index < -0.39 is 38.2 Å². The van der Waals surface area contributed by atoms with Crippen LogP contribution < -0.4 is 4.90 Å². The molecule has 2 aliphatic rings. The summed E-state index contributed by atoms with van der Waals surface area (Å²) in [5.41, 5.74) is -1.76. The van der Waals surface area contributed by atoms with E-state index in [0.29, 0.717) is 12.3 Å². The number of fused-ring (bicyclic) bond motifs is 3. The van der Waals surface area contributed by atoms with Crippen LogP contribution in [0.3, 0.4) is 0 Å². The zero-order chi connectivity index (χ0) is 20.9. The first kappa shape index (κ1) is 20.7. The van der Waals surface area contributed by atoms with Crippen LogP contribution in [0.1, 0.15) is 32.8 Å². The van der Waals surface area contributed by atoms with Gasteiger partial charge in [0.1, 0.15) is 16.3 Å². The summed E-state index contributed by atoms with van der Waals surface area (Å²) in [5.74, 6) is -0.300. The normalized spacial score (nSPS) is 22.1. The Kier molecular flexibility index (Phi) is 5.01. The Balaban J connectivity index is 1.91. The molecule has 7 nitrogen and oxygen atoms in total. The lowest BCUT2D eigenvalue weighted by Gasteiger charge is -2.41. The monoisotopic (exact) mass is 421 g/mol. The first-order valence-electron chi connectivity index (χ1n) is 8.82. The maximum atomic E-state index is 13.0. The number of carbonyl (C=O) groups is 1. The van der Waals surface area contributed by atoms with Gasteiger partial charge in [-0.1, -0.05) is 0 Å². The molecule has 0 aliphatic carbocycles. The predicted molar refractivity (Wildman–Crippen MR) is 94.8 cm³/mol. The number of anilines is 1. The largest absolute Gasteiger partial charge is 0.444 e. The van der Waals surface area contributed by atoms with Gasteiger partial charge in [-0.25, -0.2) is 18.2 Å². The minimum absolute atomic E-state index is 0.0133. The lowest BCUT2D eigenvalue weighted by atomic mass is 10.1. The molecular weight excluding hydrogens is 399 g/mol. The highest BCUT2D eigenvalue weighted by atomic mass is 32.2. The number of halogens is 3. The fourth-order valence-electron chi connectivity index (χ4n) is 3.31. The number of carbonyl (C=O) groups excluding carboxylic acids is 1. The lowest BCUT2D eigenvalue weighted by molar-refractivity contribution is -0.138. The van der Waals surface area contributed by atoms with Crippen molar-refractivity contribution in [3.63, 3.8) is 0 Å². The lowest BCUT2D eigenvalue weighted by Crippen LogP contribution is -2.55. The molecular formula is C17H22F3N3O4S. The number of rotatable bonds is 0. The van der Waals surface area contributed by atoms with Gasteiger partial charge in [0.15, 0.2) is 9.84 Å². The molecule has 0 bridgehead atoms. The molecule has 1 fully saturated rings. The van der Waals surface area contributed by atoms with E-state index in [1.165, 1.54) is 4.90 Å². The number of aromatic nitrogens is 1. The molecule has 0 spiro atoms. The maximum Gasteiger partial charge on any atom is 0.417 e. The molecule has 1 unspecified atom stereocenters. The second-order valence-corrected chi connectivity index (χ2v) is 10.0. The molecule has 1 saturated heterocycles. The topological polar surface area (TPSA) is 79.8 Å². The summed E-state index contributed by atoms with van der Waals surface area (Å²) in [6.45, 7) is 5.97. The van der Waals surface area contributed by atoms with E-state index >= 15 is 0 Å². The molecule has 28 heavy (non-hydrogen) atoms. The third-order valence-electron chi connectivity index (χ3n) is 4.62. The van der Waals surface area contributed by atoms with Crippen molar-refractivity contribution in [1.82, 2.24) is 9.88 Å². The van der Waals surface area contributed by atoms with Gasteiger partial charge >= 0.3 is 12.3 Å². The van der Waals surface area contributed by atoms with Crippen LogP contribution in [0.2, 0.25) is 0 Å². The van der Waals surface area contributed by atoms with Crippen molar-refractivity contribution in [3.8, 4) is 0 Å². The summed E-state index contributed by atoms with van der Waals surface area (Å²) in [6.07, 6.45) is -4.35. The summed E-state index contributed by atoms with van der Waals surface area (Å²) in [7, 11) is -3.92. The number of amides is 1. The van der Waals surface area contributed by atoms with Gasteiger partial charge in [0.25, 0.3) is 0 Å². The smallest absolute Gasteiger partial charge is 0.417 e. The molecule has 0 saturated carbocycles. The highest BCUT2D eigenvalue weighted by Crippen LogP contribution is 2.37. The average Bonchev–Trinajstić information content (AvgIpc) is 2.67. The van der Waals surface area contributed by atoms with E-state index in [1.807, 2.05) is 0 Å². The van der Waals surface area contributed by atoms with E-state index in [4.69, 9.17) is 4.74 Å². The zero-order valence-corrected chi connectivity index (χ0v) is 16.6. The third-order valence-corrected chi connectivity index (χ3v) is 6.37. The van der Waals surface area contributed by atoms with Gasteiger partial charge in [0.05, 0.1) is 11.3 Å². The van der Waals surface area contributed by atoms with Crippen LogP contribution >= 0.6 is 0 Å². The first-order chi connectivity index (χ1) is 12.8. The van der Waals surface area contributed by atoms with Gasteiger partial charge in [0.2, 0.25) is 0 Å². The molecule has 1 aromatic rings. The number of hydrogen-bond donors (Lipinski definition) is 0. The van der Waals surface area contributed by atoms with Crippen molar-refractivity contribution in [2.24, 2.45) is 0 Å².